The Kier molecular flexibility index (Phi) is 5.04. The van der Waals surface area contributed by atoms with Crippen LogP contribution in [0.3, 0.4) is 0 Å². The van der Waals surface area contributed by atoms with Gasteiger partial charge in [0.2, 0.25) is 11.9 Å². The fourth-order valence-electron chi connectivity index (χ4n) is 3.64. The molecule has 1 amide bonds. The number of amides is 1. The van der Waals surface area contributed by atoms with E-state index in [0.29, 0.717) is 5.91 Å². The highest BCUT2D eigenvalue weighted by Crippen LogP contribution is 2.23. The van der Waals surface area contributed by atoms with Crippen LogP contribution in [0.5, 0.6) is 0 Å². The van der Waals surface area contributed by atoms with E-state index in [0.717, 1.165) is 58.1 Å². The number of nitrogens with zero attached hydrogens (tertiary/aromatic N) is 5. The number of rotatable bonds is 2. The first-order valence-corrected chi connectivity index (χ1v) is 9.01. The van der Waals surface area contributed by atoms with Gasteiger partial charge in [0.1, 0.15) is 0 Å². The van der Waals surface area contributed by atoms with Crippen LogP contribution in [0.25, 0.3) is 0 Å². The lowest BCUT2D eigenvalue weighted by molar-refractivity contribution is -0.138. The van der Waals surface area contributed by atoms with E-state index in [1.54, 1.807) is 12.4 Å². The Morgan fingerprint density at radius 1 is 1.00 bits per heavy atom. The molecule has 6 heteroatoms. The molecule has 0 aliphatic carbocycles. The lowest BCUT2D eigenvalue weighted by Crippen LogP contribution is -2.56. The predicted octanol–water partition coefficient (Wildman–Crippen LogP) is 1.64. The van der Waals surface area contributed by atoms with Crippen molar-refractivity contribution in [3.8, 4) is 0 Å². The first-order chi connectivity index (χ1) is 11.4. The summed E-state index contributed by atoms with van der Waals surface area (Å²) in [6.45, 7) is 12.1. The van der Waals surface area contributed by atoms with Crippen molar-refractivity contribution in [2.75, 3.05) is 44.2 Å². The number of hydrogen-bond donors (Lipinski definition) is 0. The average Bonchev–Trinajstić information content (AvgIpc) is 2.61. The molecule has 0 aromatic carbocycles. The van der Waals surface area contributed by atoms with E-state index >= 15 is 0 Å². The van der Waals surface area contributed by atoms with Crippen LogP contribution in [-0.4, -0.2) is 70.5 Å². The molecule has 2 fully saturated rings. The molecule has 2 aliphatic rings. The summed E-state index contributed by atoms with van der Waals surface area (Å²) in [6, 6.07) is 1.83. The van der Waals surface area contributed by atoms with Gasteiger partial charge in [-0.25, -0.2) is 9.97 Å². The first-order valence-electron chi connectivity index (χ1n) is 9.01. The van der Waals surface area contributed by atoms with Gasteiger partial charge in [-0.2, -0.15) is 0 Å². The Labute approximate surface area is 144 Å². The molecule has 1 aromatic rings. The molecule has 2 aliphatic heterocycles. The number of carbonyl (C=O) groups excluding carboxylic acids is 1. The Hall–Kier alpha value is -1.69. The highest BCUT2D eigenvalue weighted by Gasteiger charge is 2.32. The Balaban J connectivity index is 1.49. The molecule has 0 saturated carbocycles. The minimum absolute atomic E-state index is 0.158. The van der Waals surface area contributed by atoms with E-state index in [1.807, 2.05) is 6.07 Å². The fraction of sp³-hybridized carbons (Fsp3) is 0.722. The number of carbonyl (C=O) groups is 1. The minimum Gasteiger partial charge on any atom is -0.341 e. The number of aromatic nitrogens is 2. The number of anilines is 1. The van der Waals surface area contributed by atoms with E-state index in [1.165, 1.54) is 0 Å². The Morgan fingerprint density at radius 2 is 1.58 bits per heavy atom. The summed E-state index contributed by atoms with van der Waals surface area (Å²) in [5.74, 6) is 1.28. The third kappa shape index (κ3) is 3.86. The van der Waals surface area contributed by atoms with Crippen LogP contribution in [-0.2, 0) is 4.79 Å². The van der Waals surface area contributed by atoms with Crippen molar-refractivity contribution in [2.45, 2.75) is 39.2 Å². The van der Waals surface area contributed by atoms with Crippen molar-refractivity contribution < 1.29 is 4.79 Å². The van der Waals surface area contributed by atoms with Crippen LogP contribution in [0.1, 0.15) is 33.6 Å². The second kappa shape index (κ2) is 7.05. The summed E-state index contributed by atoms with van der Waals surface area (Å²) < 4.78 is 0. The first kappa shape index (κ1) is 17.1. The maximum Gasteiger partial charge on any atom is 0.225 e. The predicted molar refractivity (Wildman–Crippen MR) is 94.9 cm³/mol. The highest BCUT2D eigenvalue weighted by molar-refractivity contribution is 5.79. The van der Waals surface area contributed by atoms with Crippen molar-refractivity contribution in [3.63, 3.8) is 0 Å². The van der Waals surface area contributed by atoms with Gasteiger partial charge in [0, 0.05) is 63.1 Å². The zero-order valence-corrected chi connectivity index (χ0v) is 15.1. The zero-order valence-electron chi connectivity index (χ0n) is 15.1. The van der Waals surface area contributed by atoms with Crippen molar-refractivity contribution in [2.24, 2.45) is 5.92 Å². The van der Waals surface area contributed by atoms with Crippen LogP contribution in [0.4, 0.5) is 5.95 Å². The number of hydrogen-bond acceptors (Lipinski definition) is 5. The third-order valence-electron chi connectivity index (χ3n) is 5.22. The quantitative estimate of drug-likeness (QED) is 0.824. The Morgan fingerprint density at radius 3 is 2.12 bits per heavy atom. The second-order valence-corrected chi connectivity index (χ2v) is 7.79. The van der Waals surface area contributed by atoms with Crippen molar-refractivity contribution in [1.29, 1.82) is 0 Å². The molecule has 0 radical (unpaired) electrons. The van der Waals surface area contributed by atoms with Gasteiger partial charge in [-0.15, -0.1) is 0 Å². The molecular weight excluding hydrogens is 302 g/mol. The lowest BCUT2D eigenvalue weighted by atomic mass is 9.95. The normalized spacial score (nSPS) is 21.1. The van der Waals surface area contributed by atoms with Gasteiger partial charge in [0.25, 0.3) is 0 Å². The maximum absolute atomic E-state index is 12.8. The molecule has 2 saturated heterocycles. The molecular formula is C18H29N5O. The van der Waals surface area contributed by atoms with Gasteiger partial charge in [-0.05, 0) is 39.7 Å². The minimum atomic E-state index is 0.158. The maximum atomic E-state index is 12.8. The van der Waals surface area contributed by atoms with Gasteiger partial charge >= 0.3 is 0 Å². The molecule has 0 bridgehead atoms. The molecule has 6 nitrogen and oxygen atoms in total. The van der Waals surface area contributed by atoms with Gasteiger partial charge in [0.15, 0.2) is 0 Å². The summed E-state index contributed by atoms with van der Waals surface area (Å²) in [5.41, 5.74) is 0.191. The van der Waals surface area contributed by atoms with E-state index in [2.05, 4.69) is 45.4 Å². The molecule has 24 heavy (non-hydrogen) atoms. The van der Waals surface area contributed by atoms with E-state index in [9.17, 15) is 4.79 Å². The van der Waals surface area contributed by atoms with E-state index in [-0.39, 0.29) is 11.5 Å². The highest BCUT2D eigenvalue weighted by atomic mass is 16.2. The molecule has 1 aromatic heterocycles. The molecule has 0 spiro atoms. The van der Waals surface area contributed by atoms with E-state index in [4.69, 9.17) is 0 Å². The molecule has 0 unspecified atom stereocenters. The van der Waals surface area contributed by atoms with Crippen LogP contribution in [0.15, 0.2) is 18.5 Å². The van der Waals surface area contributed by atoms with Crippen molar-refractivity contribution >= 4 is 11.9 Å². The Bertz CT molecular complexity index is 540. The summed E-state index contributed by atoms with van der Waals surface area (Å²) in [7, 11) is 0. The summed E-state index contributed by atoms with van der Waals surface area (Å²) >= 11 is 0. The molecule has 0 N–H and O–H groups in total. The molecule has 3 rings (SSSR count). The molecule has 0 atom stereocenters. The molecule has 132 valence electrons. The summed E-state index contributed by atoms with van der Waals surface area (Å²) in [4.78, 5) is 28.1. The fourth-order valence-corrected chi connectivity index (χ4v) is 3.64. The third-order valence-corrected chi connectivity index (χ3v) is 5.22. The smallest absolute Gasteiger partial charge is 0.225 e. The van der Waals surface area contributed by atoms with Gasteiger partial charge in [-0.3, -0.25) is 9.69 Å². The zero-order chi connectivity index (χ0) is 17.2. The van der Waals surface area contributed by atoms with Crippen LogP contribution >= 0.6 is 0 Å². The topological polar surface area (TPSA) is 52.6 Å². The largest absolute Gasteiger partial charge is 0.341 e. The van der Waals surface area contributed by atoms with Crippen LogP contribution < -0.4 is 4.90 Å². The summed E-state index contributed by atoms with van der Waals surface area (Å²) in [6.07, 6.45) is 5.34. The number of piperazine rings is 1. The van der Waals surface area contributed by atoms with Crippen molar-refractivity contribution in [1.82, 2.24) is 19.8 Å². The van der Waals surface area contributed by atoms with Gasteiger partial charge in [-0.1, -0.05) is 0 Å². The van der Waals surface area contributed by atoms with E-state index < -0.39 is 0 Å². The average molecular weight is 331 g/mol. The number of piperidine rings is 1. The molecule has 3 heterocycles. The van der Waals surface area contributed by atoms with Gasteiger partial charge in [0.05, 0.1) is 0 Å². The second-order valence-electron chi connectivity index (χ2n) is 7.79. The van der Waals surface area contributed by atoms with Crippen molar-refractivity contribution in [3.05, 3.63) is 18.5 Å². The summed E-state index contributed by atoms with van der Waals surface area (Å²) in [5, 5.41) is 0. The van der Waals surface area contributed by atoms with Gasteiger partial charge < -0.3 is 9.80 Å². The lowest BCUT2D eigenvalue weighted by Gasteiger charge is -2.43. The standard InChI is InChI=1S/C18H29N5O/c1-18(2,3)23-13-11-21(12-14-23)16(24)15-5-9-22(10-6-15)17-19-7-4-8-20-17/h4,7-8,15H,5-6,9-14H2,1-3H3. The van der Waals surface area contributed by atoms with Crippen LogP contribution in [0.2, 0.25) is 0 Å². The monoisotopic (exact) mass is 331 g/mol. The SMILES string of the molecule is CC(C)(C)N1CCN(C(=O)C2CCN(c3ncccn3)CC2)CC1. The van der Waals surface area contributed by atoms with Crippen LogP contribution in [0, 0.1) is 5.92 Å².